The number of allylic oxidation sites excluding steroid dienone is 1. The molecule has 4 heteroatoms. The average Bonchev–Trinajstić information content (AvgIpc) is 2.00. The number of amides is 2. The molecule has 0 saturated heterocycles. The number of nitrogens with one attached hydrogen (secondary N) is 1. The number of rotatable bonds is 3. The number of hydrogen-bond acceptors (Lipinski definition) is 2. The minimum Gasteiger partial charge on any atom is -0.395 e. The average molecular weight is 172 g/mol. The highest BCUT2D eigenvalue weighted by Crippen LogP contribution is 1.87. The van der Waals surface area contributed by atoms with Crippen LogP contribution in [0.5, 0.6) is 0 Å². The van der Waals surface area contributed by atoms with Crippen molar-refractivity contribution in [2.75, 3.05) is 20.2 Å². The predicted octanol–water partition coefficient (Wildman–Crippen LogP) is 0.544. The molecule has 2 amide bonds. The van der Waals surface area contributed by atoms with Crippen LogP contribution in [0.25, 0.3) is 0 Å². The summed E-state index contributed by atoms with van der Waals surface area (Å²) in [6.45, 7) is 4.12. The zero-order valence-electron chi connectivity index (χ0n) is 7.79. The van der Waals surface area contributed by atoms with Gasteiger partial charge in [-0.1, -0.05) is 5.57 Å². The number of aliphatic hydroxyl groups is 1. The molecule has 2 N–H and O–H groups in total. The van der Waals surface area contributed by atoms with Gasteiger partial charge in [-0.25, -0.2) is 4.79 Å². The third-order valence-corrected chi connectivity index (χ3v) is 1.27. The minimum atomic E-state index is -0.203. The van der Waals surface area contributed by atoms with Crippen LogP contribution in [0.4, 0.5) is 4.79 Å². The fourth-order valence-electron chi connectivity index (χ4n) is 0.568. The minimum absolute atomic E-state index is 0.0151. The molecule has 0 aliphatic carbocycles. The summed E-state index contributed by atoms with van der Waals surface area (Å²) < 4.78 is 0. The lowest BCUT2D eigenvalue weighted by atomic mass is 10.4. The maximum atomic E-state index is 11.1. The van der Waals surface area contributed by atoms with Crippen molar-refractivity contribution < 1.29 is 9.90 Å². The Morgan fingerprint density at radius 2 is 2.17 bits per heavy atom. The summed E-state index contributed by atoms with van der Waals surface area (Å²) in [5.41, 5.74) is 1.03. The predicted molar refractivity (Wildman–Crippen MR) is 47.7 cm³/mol. The van der Waals surface area contributed by atoms with Crippen LogP contribution in [0.3, 0.4) is 0 Å². The van der Waals surface area contributed by atoms with Crippen molar-refractivity contribution in [3.8, 4) is 0 Å². The van der Waals surface area contributed by atoms with Gasteiger partial charge in [0, 0.05) is 19.8 Å². The van der Waals surface area contributed by atoms with Gasteiger partial charge in [-0.05, 0) is 13.8 Å². The summed E-state index contributed by atoms with van der Waals surface area (Å²) in [4.78, 5) is 12.5. The summed E-state index contributed by atoms with van der Waals surface area (Å²) in [7, 11) is 1.63. The van der Waals surface area contributed by atoms with E-state index in [0.29, 0.717) is 6.54 Å². The Labute approximate surface area is 72.9 Å². The molecular formula is C8H16N2O2. The fourth-order valence-corrected chi connectivity index (χ4v) is 0.568. The molecule has 70 valence electrons. The topological polar surface area (TPSA) is 52.6 Å². The molecule has 0 rings (SSSR count). The Morgan fingerprint density at radius 3 is 2.58 bits per heavy atom. The van der Waals surface area contributed by atoms with Gasteiger partial charge in [0.05, 0.1) is 6.61 Å². The number of carbonyl (C=O) groups is 1. The van der Waals surface area contributed by atoms with Gasteiger partial charge in [-0.3, -0.25) is 0 Å². The fraction of sp³-hybridized carbons (Fsp3) is 0.625. The van der Waals surface area contributed by atoms with E-state index >= 15 is 0 Å². The van der Waals surface area contributed by atoms with Gasteiger partial charge >= 0.3 is 6.03 Å². The molecule has 0 fully saturated rings. The van der Waals surface area contributed by atoms with Crippen LogP contribution in [0.2, 0.25) is 0 Å². The first-order valence-electron chi connectivity index (χ1n) is 3.83. The first-order chi connectivity index (χ1) is 5.57. The molecule has 0 saturated carbocycles. The van der Waals surface area contributed by atoms with Gasteiger partial charge < -0.3 is 15.3 Å². The van der Waals surface area contributed by atoms with E-state index in [9.17, 15) is 4.79 Å². The maximum absolute atomic E-state index is 11.1. The van der Waals surface area contributed by atoms with Crippen molar-refractivity contribution >= 4 is 6.03 Å². The molecule has 12 heavy (non-hydrogen) atoms. The molecule has 0 spiro atoms. The molecule has 0 heterocycles. The van der Waals surface area contributed by atoms with Crippen molar-refractivity contribution in [2.24, 2.45) is 0 Å². The molecule has 0 radical (unpaired) electrons. The lowest BCUT2D eigenvalue weighted by Gasteiger charge is -2.14. The zero-order chi connectivity index (χ0) is 9.56. The second-order valence-corrected chi connectivity index (χ2v) is 2.82. The Balaban J connectivity index is 3.79. The highest BCUT2D eigenvalue weighted by atomic mass is 16.3. The van der Waals surface area contributed by atoms with E-state index < -0.39 is 0 Å². The van der Waals surface area contributed by atoms with Crippen LogP contribution in [-0.4, -0.2) is 36.2 Å². The summed E-state index contributed by atoms with van der Waals surface area (Å²) in [5, 5.41) is 11.1. The molecule has 0 unspecified atom stereocenters. The van der Waals surface area contributed by atoms with Gasteiger partial charge in [-0.15, -0.1) is 0 Å². The normalized spacial score (nSPS) is 9.00. The zero-order valence-corrected chi connectivity index (χ0v) is 7.79. The smallest absolute Gasteiger partial charge is 0.321 e. The number of hydrogen-bond donors (Lipinski definition) is 2. The van der Waals surface area contributed by atoms with Gasteiger partial charge in [0.15, 0.2) is 0 Å². The Hall–Kier alpha value is -1.03. The van der Waals surface area contributed by atoms with Crippen LogP contribution in [0, 0.1) is 0 Å². The third-order valence-electron chi connectivity index (χ3n) is 1.27. The van der Waals surface area contributed by atoms with Crippen molar-refractivity contribution in [3.05, 3.63) is 11.8 Å². The van der Waals surface area contributed by atoms with Crippen LogP contribution < -0.4 is 5.32 Å². The van der Waals surface area contributed by atoms with Crippen molar-refractivity contribution in [1.29, 1.82) is 0 Å². The quantitative estimate of drug-likeness (QED) is 0.653. The summed E-state index contributed by atoms with van der Waals surface area (Å²) in [6, 6.07) is -0.203. The highest BCUT2D eigenvalue weighted by molar-refractivity contribution is 5.74. The molecule has 0 aromatic rings. The number of nitrogens with zero attached hydrogens (tertiary/aromatic N) is 1. The number of urea groups is 1. The summed E-state index contributed by atoms with van der Waals surface area (Å²) >= 11 is 0. The van der Waals surface area contributed by atoms with Gasteiger partial charge in [0.1, 0.15) is 0 Å². The van der Waals surface area contributed by atoms with Gasteiger partial charge in [-0.2, -0.15) is 0 Å². The molecule has 0 bridgehead atoms. The molecule has 0 atom stereocenters. The largest absolute Gasteiger partial charge is 0.395 e. The number of aliphatic hydroxyl groups excluding tert-OH is 1. The van der Waals surface area contributed by atoms with E-state index in [1.807, 2.05) is 13.8 Å². The molecule has 0 aliphatic heterocycles. The monoisotopic (exact) mass is 172 g/mol. The van der Waals surface area contributed by atoms with Gasteiger partial charge in [0.2, 0.25) is 0 Å². The van der Waals surface area contributed by atoms with E-state index in [4.69, 9.17) is 5.11 Å². The molecule has 0 aromatic carbocycles. The lowest BCUT2D eigenvalue weighted by Crippen LogP contribution is -2.36. The number of likely N-dealkylation sites (N-methyl/N-ethyl adjacent to an activating group) is 1. The van der Waals surface area contributed by atoms with Crippen molar-refractivity contribution in [3.63, 3.8) is 0 Å². The lowest BCUT2D eigenvalue weighted by molar-refractivity contribution is 0.193. The summed E-state index contributed by atoms with van der Waals surface area (Å²) in [5.74, 6) is 0. The summed E-state index contributed by atoms with van der Waals surface area (Å²) in [6.07, 6.45) is 1.64. The molecular weight excluding hydrogens is 156 g/mol. The molecule has 0 aliphatic rings. The SMILES string of the molecule is CC(C)=CNC(=O)N(C)CCO. The first-order valence-corrected chi connectivity index (χ1v) is 3.83. The van der Waals surface area contributed by atoms with E-state index in [0.717, 1.165) is 5.57 Å². The van der Waals surface area contributed by atoms with E-state index in [1.165, 1.54) is 4.90 Å². The standard InChI is InChI=1S/C8H16N2O2/c1-7(2)6-9-8(12)10(3)4-5-11/h6,11H,4-5H2,1-3H3,(H,9,12). The van der Waals surface area contributed by atoms with Crippen LogP contribution in [-0.2, 0) is 0 Å². The maximum Gasteiger partial charge on any atom is 0.321 e. The Bertz CT molecular complexity index is 174. The van der Waals surface area contributed by atoms with E-state index in [-0.39, 0.29) is 12.6 Å². The van der Waals surface area contributed by atoms with Crippen LogP contribution in [0.15, 0.2) is 11.8 Å². The first kappa shape index (κ1) is 11.0. The Kier molecular flexibility index (Phi) is 5.12. The second kappa shape index (κ2) is 5.60. The molecule has 4 nitrogen and oxygen atoms in total. The highest BCUT2D eigenvalue weighted by Gasteiger charge is 2.03. The van der Waals surface area contributed by atoms with E-state index in [2.05, 4.69) is 5.32 Å². The Morgan fingerprint density at radius 1 is 1.58 bits per heavy atom. The second-order valence-electron chi connectivity index (χ2n) is 2.82. The third kappa shape index (κ3) is 4.73. The van der Waals surface area contributed by atoms with Crippen molar-refractivity contribution in [1.82, 2.24) is 10.2 Å². The van der Waals surface area contributed by atoms with Crippen LogP contribution >= 0.6 is 0 Å². The number of carbonyl (C=O) groups excluding carboxylic acids is 1. The molecule has 0 aromatic heterocycles. The van der Waals surface area contributed by atoms with Crippen LogP contribution in [0.1, 0.15) is 13.8 Å². The van der Waals surface area contributed by atoms with E-state index in [1.54, 1.807) is 13.2 Å². The van der Waals surface area contributed by atoms with Crippen molar-refractivity contribution in [2.45, 2.75) is 13.8 Å². The van der Waals surface area contributed by atoms with Gasteiger partial charge in [0.25, 0.3) is 0 Å².